The first-order valence-electron chi connectivity index (χ1n) is 9.52. The summed E-state index contributed by atoms with van der Waals surface area (Å²) in [6.45, 7) is 1.87. The number of halogens is 1. The van der Waals surface area contributed by atoms with Crippen molar-refractivity contribution in [2.24, 2.45) is 5.10 Å². The molecule has 0 heterocycles. The second-order valence-corrected chi connectivity index (χ2v) is 7.19. The van der Waals surface area contributed by atoms with Crippen LogP contribution < -0.4 is 14.9 Å². The number of nitro benzene ring substituents is 1. The Morgan fingerprint density at radius 1 is 1.06 bits per heavy atom. The molecule has 3 rings (SSSR count). The van der Waals surface area contributed by atoms with E-state index in [-0.39, 0.29) is 22.7 Å². The van der Waals surface area contributed by atoms with E-state index in [2.05, 4.69) is 10.5 Å². The number of non-ortho nitro benzene ring substituents is 1. The molecular formula is C23H18ClN3O6. The molecule has 0 radical (unpaired) electrons. The van der Waals surface area contributed by atoms with Gasteiger partial charge in [-0.25, -0.2) is 10.2 Å². The lowest BCUT2D eigenvalue weighted by Gasteiger charge is -2.10. The fraction of sp³-hybridized carbons (Fsp3) is 0.0870. The highest BCUT2D eigenvalue weighted by Gasteiger charge is 2.15. The van der Waals surface area contributed by atoms with Gasteiger partial charge in [0.25, 0.3) is 11.6 Å². The fourth-order valence-electron chi connectivity index (χ4n) is 2.76. The van der Waals surface area contributed by atoms with Crippen LogP contribution >= 0.6 is 11.6 Å². The average Bonchev–Trinajstić information content (AvgIpc) is 2.79. The largest absolute Gasteiger partial charge is 0.493 e. The van der Waals surface area contributed by atoms with Crippen molar-refractivity contribution in [3.63, 3.8) is 0 Å². The van der Waals surface area contributed by atoms with Gasteiger partial charge in [-0.3, -0.25) is 14.9 Å². The third-order valence-electron chi connectivity index (χ3n) is 4.45. The average molecular weight is 468 g/mol. The first-order chi connectivity index (χ1) is 15.8. The van der Waals surface area contributed by atoms with Gasteiger partial charge in [0, 0.05) is 12.1 Å². The highest BCUT2D eigenvalue weighted by atomic mass is 35.5. The minimum atomic E-state index is -0.702. The van der Waals surface area contributed by atoms with Gasteiger partial charge in [0.15, 0.2) is 11.5 Å². The highest BCUT2D eigenvalue weighted by Crippen LogP contribution is 2.28. The Balaban J connectivity index is 1.68. The van der Waals surface area contributed by atoms with Crippen molar-refractivity contribution in [3.05, 3.63) is 98.1 Å². The van der Waals surface area contributed by atoms with Crippen LogP contribution in [0.2, 0.25) is 5.02 Å². The van der Waals surface area contributed by atoms with Gasteiger partial charge in [-0.15, -0.1) is 0 Å². The third kappa shape index (κ3) is 5.92. The van der Waals surface area contributed by atoms with Crippen LogP contribution in [0.3, 0.4) is 0 Å². The summed E-state index contributed by atoms with van der Waals surface area (Å²) in [6, 6.07) is 14.8. The molecule has 0 aliphatic rings. The summed E-state index contributed by atoms with van der Waals surface area (Å²) in [7, 11) is 1.40. The van der Waals surface area contributed by atoms with E-state index in [1.807, 2.05) is 6.92 Å². The fourth-order valence-corrected chi connectivity index (χ4v) is 3.08. The Labute approximate surface area is 193 Å². The molecule has 0 unspecified atom stereocenters. The molecule has 0 atom stereocenters. The molecule has 0 fully saturated rings. The van der Waals surface area contributed by atoms with Crippen molar-refractivity contribution in [2.45, 2.75) is 6.92 Å². The molecule has 168 valence electrons. The summed E-state index contributed by atoms with van der Waals surface area (Å²) in [6.07, 6.45) is 1.39. The molecule has 0 aliphatic heterocycles. The van der Waals surface area contributed by atoms with Gasteiger partial charge in [-0.1, -0.05) is 17.7 Å². The molecule has 9 nitrogen and oxygen atoms in total. The van der Waals surface area contributed by atoms with E-state index in [4.69, 9.17) is 21.1 Å². The van der Waals surface area contributed by atoms with E-state index in [1.165, 1.54) is 43.7 Å². The maximum absolute atomic E-state index is 12.3. The molecule has 0 saturated heterocycles. The van der Waals surface area contributed by atoms with Gasteiger partial charge in [0.2, 0.25) is 0 Å². The first-order valence-corrected chi connectivity index (χ1v) is 9.90. The molecule has 3 aromatic rings. The number of nitro groups is 1. The smallest absolute Gasteiger partial charge is 0.343 e. The van der Waals surface area contributed by atoms with Crippen molar-refractivity contribution < 1.29 is 24.0 Å². The number of ether oxygens (including phenoxy) is 2. The Hall–Kier alpha value is -4.24. The van der Waals surface area contributed by atoms with E-state index in [9.17, 15) is 19.7 Å². The summed E-state index contributed by atoms with van der Waals surface area (Å²) in [5.41, 5.74) is 4.20. The number of carbonyl (C=O) groups is 2. The SMILES string of the molecule is COc1cc(/C=N\NC(=O)c2ccc(C)cc2Cl)ccc1OC(=O)c1ccc([N+](=O)[O-])cc1. The molecule has 0 saturated carbocycles. The van der Waals surface area contributed by atoms with E-state index >= 15 is 0 Å². The van der Waals surface area contributed by atoms with Gasteiger partial charge < -0.3 is 9.47 Å². The van der Waals surface area contributed by atoms with Gasteiger partial charge >= 0.3 is 5.97 Å². The summed E-state index contributed by atoms with van der Waals surface area (Å²) in [5, 5.41) is 15.0. The number of hydrazone groups is 1. The number of nitrogens with zero attached hydrogens (tertiary/aromatic N) is 2. The van der Waals surface area contributed by atoms with Crippen molar-refractivity contribution in [2.75, 3.05) is 7.11 Å². The van der Waals surface area contributed by atoms with E-state index < -0.39 is 16.8 Å². The number of rotatable bonds is 7. The number of aryl methyl sites for hydroxylation is 1. The van der Waals surface area contributed by atoms with Crippen LogP contribution in [0.5, 0.6) is 11.5 Å². The van der Waals surface area contributed by atoms with Crippen LogP contribution in [0.15, 0.2) is 65.8 Å². The van der Waals surface area contributed by atoms with Crippen LogP contribution in [0.25, 0.3) is 0 Å². The van der Waals surface area contributed by atoms with E-state index in [0.717, 1.165) is 5.56 Å². The number of benzene rings is 3. The molecular weight excluding hydrogens is 450 g/mol. The van der Waals surface area contributed by atoms with Crippen LogP contribution in [-0.4, -0.2) is 30.1 Å². The maximum Gasteiger partial charge on any atom is 0.343 e. The third-order valence-corrected chi connectivity index (χ3v) is 4.77. The van der Waals surface area contributed by atoms with E-state index in [1.54, 1.807) is 30.3 Å². The number of methoxy groups -OCH3 is 1. The van der Waals surface area contributed by atoms with Crippen LogP contribution in [0.1, 0.15) is 31.8 Å². The number of nitrogens with one attached hydrogen (secondary N) is 1. The van der Waals surface area contributed by atoms with Gasteiger partial charge in [-0.05, 0) is 60.5 Å². The number of carbonyl (C=O) groups excluding carboxylic acids is 2. The number of hydrogen-bond acceptors (Lipinski definition) is 7. The lowest BCUT2D eigenvalue weighted by Crippen LogP contribution is -2.18. The number of esters is 1. The molecule has 3 aromatic carbocycles. The predicted molar refractivity (Wildman–Crippen MR) is 122 cm³/mol. The lowest BCUT2D eigenvalue weighted by atomic mass is 10.1. The first kappa shape index (κ1) is 23.4. The lowest BCUT2D eigenvalue weighted by molar-refractivity contribution is -0.384. The summed E-state index contributed by atoms with van der Waals surface area (Å²) in [4.78, 5) is 34.8. The quantitative estimate of drug-likeness (QED) is 0.179. The topological polar surface area (TPSA) is 120 Å². The zero-order chi connectivity index (χ0) is 24.0. The maximum atomic E-state index is 12.3. The molecule has 33 heavy (non-hydrogen) atoms. The molecule has 10 heteroatoms. The molecule has 0 aliphatic carbocycles. The van der Waals surface area contributed by atoms with Gasteiger partial charge in [0.05, 0.1) is 34.4 Å². The van der Waals surface area contributed by atoms with Crippen LogP contribution in [0, 0.1) is 17.0 Å². The normalized spacial score (nSPS) is 10.6. The van der Waals surface area contributed by atoms with Crippen LogP contribution in [0.4, 0.5) is 5.69 Å². The standard InChI is InChI=1S/C23H18ClN3O6/c1-14-3-9-18(19(24)11-14)22(28)26-25-13-15-4-10-20(21(12-15)32-2)33-23(29)16-5-7-17(8-6-16)27(30)31/h3-13H,1-2H3,(H,26,28)/b25-13-. The second-order valence-electron chi connectivity index (χ2n) is 6.79. The minimum Gasteiger partial charge on any atom is -0.493 e. The molecule has 1 amide bonds. The van der Waals surface area contributed by atoms with Crippen molar-refractivity contribution in [1.82, 2.24) is 5.43 Å². The monoisotopic (exact) mass is 467 g/mol. The number of hydrogen-bond donors (Lipinski definition) is 1. The Morgan fingerprint density at radius 2 is 1.79 bits per heavy atom. The van der Waals surface area contributed by atoms with Crippen molar-refractivity contribution in [1.29, 1.82) is 0 Å². The number of amides is 1. The Bertz CT molecular complexity index is 1240. The van der Waals surface area contributed by atoms with Gasteiger partial charge in [0.1, 0.15) is 0 Å². The summed E-state index contributed by atoms with van der Waals surface area (Å²) in [5.74, 6) is -0.765. The Morgan fingerprint density at radius 3 is 2.42 bits per heavy atom. The summed E-state index contributed by atoms with van der Waals surface area (Å²) < 4.78 is 10.6. The van der Waals surface area contributed by atoms with Crippen molar-refractivity contribution >= 4 is 35.4 Å². The second kappa shape index (κ2) is 10.4. The molecule has 0 spiro atoms. The minimum absolute atomic E-state index is 0.135. The highest BCUT2D eigenvalue weighted by molar-refractivity contribution is 6.33. The van der Waals surface area contributed by atoms with Crippen molar-refractivity contribution in [3.8, 4) is 11.5 Å². The van der Waals surface area contributed by atoms with Crippen LogP contribution in [-0.2, 0) is 0 Å². The predicted octanol–water partition coefficient (Wildman–Crippen LogP) is 4.55. The Kier molecular flexibility index (Phi) is 7.37. The summed E-state index contributed by atoms with van der Waals surface area (Å²) >= 11 is 6.08. The van der Waals surface area contributed by atoms with Gasteiger partial charge in [-0.2, -0.15) is 5.10 Å². The zero-order valence-corrected chi connectivity index (χ0v) is 18.3. The van der Waals surface area contributed by atoms with E-state index in [0.29, 0.717) is 16.1 Å². The zero-order valence-electron chi connectivity index (χ0n) is 17.6. The molecule has 0 bridgehead atoms. The molecule has 0 aromatic heterocycles. The molecule has 1 N–H and O–H groups in total.